The molecule has 0 N–H and O–H groups in total. The van der Waals surface area contributed by atoms with Gasteiger partial charge in [0.05, 0.1) is 34.5 Å². The second kappa shape index (κ2) is 3.81. The predicted octanol–water partition coefficient (Wildman–Crippen LogP) is 3.63. The van der Waals surface area contributed by atoms with E-state index in [1.807, 2.05) is 0 Å². The van der Waals surface area contributed by atoms with Gasteiger partial charge in [-0.3, -0.25) is 4.57 Å². The smallest absolute Gasteiger partial charge is 0.0998 e. The molecule has 0 aliphatic rings. The average molecular weight is 247 g/mol. The van der Waals surface area contributed by atoms with Crippen molar-refractivity contribution < 1.29 is 0 Å². The van der Waals surface area contributed by atoms with Crippen LogP contribution in [-0.2, 0) is 0 Å². The van der Waals surface area contributed by atoms with Gasteiger partial charge in [0, 0.05) is 5.02 Å². The van der Waals surface area contributed by atoms with E-state index in [9.17, 15) is 0 Å². The first-order valence-electron chi connectivity index (χ1n) is 3.73. The molecule has 1 heterocycles. The average Bonchev–Trinajstić information content (AvgIpc) is 2.54. The van der Waals surface area contributed by atoms with Crippen molar-refractivity contribution in [3.63, 3.8) is 0 Å². The Kier molecular flexibility index (Phi) is 2.68. The first-order chi connectivity index (χ1) is 6.68. The highest BCUT2D eigenvalue weighted by atomic mass is 35.5. The number of halogens is 3. The van der Waals surface area contributed by atoms with E-state index in [2.05, 4.69) is 11.2 Å². The number of imidazole rings is 1. The van der Waals surface area contributed by atoms with Crippen molar-refractivity contribution in [2.75, 3.05) is 0 Å². The molecule has 0 saturated carbocycles. The fraction of sp³-hybridized carbons (Fsp3) is 0. The normalized spacial score (nSPS) is 10.5. The van der Waals surface area contributed by atoms with Crippen LogP contribution in [0.25, 0.3) is 5.69 Å². The van der Waals surface area contributed by atoms with E-state index in [1.165, 1.54) is 6.20 Å². The van der Waals surface area contributed by atoms with Crippen molar-refractivity contribution in [1.29, 1.82) is 0 Å². The molecule has 1 aromatic heterocycles. The fourth-order valence-corrected chi connectivity index (χ4v) is 2.11. The molecule has 0 atom stereocenters. The van der Waals surface area contributed by atoms with Crippen molar-refractivity contribution in [2.24, 2.45) is 0 Å². The zero-order valence-electron chi connectivity index (χ0n) is 6.84. The Hall–Kier alpha value is -0.700. The molecule has 0 aliphatic heterocycles. The Morgan fingerprint density at radius 3 is 2.29 bits per heavy atom. The summed E-state index contributed by atoms with van der Waals surface area (Å²) in [4.78, 5) is 3.86. The molecule has 1 aromatic carbocycles. The van der Waals surface area contributed by atoms with Crippen molar-refractivity contribution in [3.8, 4) is 5.69 Å². The maximum Gasteiger partial charge on any atom is 0.0998 e. The summed E-state index contributed by atoms with van der Waals surface area (Å²) in [5, 5.41) is 1.44. The molecule has 2 rings (SSSR count). The Morgan fingerprint density at radius 2 is 1.79 bits per heavy atom. The van der Waals surface area contributed by atoms with E-state index in [1.54, 1.807) is 23.0 Å². The third-order valence-corrected chi connectivity index (χ3v) is 2.47. The Morgan fingerprint density at radius 1 is 1.14 bits per heavy atom. The van der Waals surface area contributed by atoms with Gasteiger partial charge >= 0.3 is 0 Å². The summed E-state index contributed by atoms with van der Waals surface area (Å²) in [5.74, 6) is 0. The topological polar surface area (TPSA) is 17.8 Å². The number of hydrogen-bond acceptors (Lipinski definition) is 1. The number of rotatable bonds is 1. The van der Waals surface area contributed by atoms with Gasteiger partial charge in [-0.25, -0.2) is 4.98 Å². The van der Waals surface area contributed by atoms with E-state index >= 15 is 0 Å². The Labute approximate surface area is 96.0 Å². The van der Waals surface area contributed by atoms with Crippen molar-refractivity contribution in [2.45, 2.75) is 0 Å². The van der Waals surface area contributed by atoms with Crippen LogP contribution in [0.2, 0.25) is 15.1 Å². The standard InChI is InChI=1S/C9H4Cl3N2/c10-6-3-7(11)9(8(12)4-6)14-2-1-13-5-14/h1,3-5H. The molecule has 1 radical (unpaired) electrons. The van der Waals surface area contributed by atoms with E-state index < -0.39 is 0 Å². The zero-order chi connectivity index (χ0) is 10.1. The molecule has 0 bridgehead atoms. The first kappa shape index (κ1) is 9.84. The zero-order valence-corrected chi connectivity index (χ0v) is 9.11. The van der Waals surface area contributed by atoms with Crippen LogP contribution in [0.4, 0.5) is 0 Å². The van der Waals surface area contributed by atoms with E-state index in [0.29, 0.717) is 20.8 Å². The third-order valence-electron chi connectivity index (χ3n) is 1.68. The lowest BCUT2D eigenvalue weighted by Gasteiger charge is -2.07. The largest absolute Gasteiger partial charge is 0.294 e. The molecule has 5 heteroatoms. The second-order valence-corrected chi connectivity index (χ2v) is 3.86. The van der Waals surface area contributed by atoms with Crippen LogP contribution in [0, 0.1) is 6.20 Å². The first-order valence-corrected chi connectivity index (χ1v) is 4.87. The summed E-state index contributed by atoms with van der Waals surface area (Å²) in [6.45, 7) is 0. The third kappa shape index (κ3) is 1.73. The monoisotopic (exact) mass is 245 g/mol. The highest BCUT2D eigenvalue weighted by Gasteiger charge is 2.09. The predicted molar refractivity (Wildman–Crippen MR) is 57.4 cm³/mol. The molecule has 0 unspecified atom stereocenters. The van der Waals surface area contributed by atoms with E-state index in [0.717, 1.165) is 0 Å². The molecule has 2 nitrogen and oxygen atoms in total. The van der Waals surface area contributed by atoms with Gasteiger partial charge in [0.1, 0.15) is 0 Å². The van der Waals surface area contributed by atoms with E-state index in [-0.39, 0.29) is 0 Å². The summed E-state index contributed by atoms with van der Waals surface area (Å²) in [6.07, 6.45) is 5.95. The summed E-state index contributed by atoms with van der Waals surface area (Å²) in [7, 11) is 0. The van der Waals surface area contributed by atoms with Gasteiger partial charge in [-0.05, 0) is 12.1 Å². The summed E-state index contributed by atoms with van der Waals surface area (Å²) in [5.41, 5.74) is 0.634. The van der Waals surface area contributed by atoms with Gasteiger partial charge in [0.25, 0.3) is 0 Å². The lowest BCUT2D eigenvalue weighted by molar-refractivity contribution is 1.05. The van der Waals surface area contributed by atoms with Crippen LogP contribution in [0.3, 0.4) is 0 Å². The van der Waals surface area contributed by atoms with E-state index in [4.69, 9.17) is 34.8 Å². The van der Waals surface area contributed by atoms with Gasteiger partial charge in [-0.1, -0.05) is 34.8 Å². The second-order valence-electron chi connectivity index (χ2n) is 2.61. The molecular weight excluding hydrogens is 242 g/mol. The molecule has 0 saturated heterocycles. The molecular formula is C9H4Cl3N2. The van der Waals surface area contributed by atoms with Gasteiger partial charge in [-0.15, -0.1) is 0 Å². The SMILES string of the molecule is Clc1cc(Cl)c(-n2[c]cnc2)c(Cl)c1. The molecule has 2 aromatic rings. The Bertz CT molecular complexity index is 428. The number of aromatic nitrogens is 2. The van der Waals surface area contributed by atoms with Crippen molar-refractivity contribution in [3.05, 3.63) is 45.9 Å². The Balaban J connectivity index is 2.64. The van der Waals surface area contributed by atoms with Crippen molar-refractivity contribution in [1.82, 2.24) is 9.55 Å². The lowest BCUT2D eigenvalue weighted by Crippen LogP contribution is -1.93. The minimum Gasteiger partial charge on any atom is -0.294 e. The lowest BCUT2D eigenvalue weighted by atomic mass is 10.3. The van der Waals surface area contributed by atoms with Crippen LogP contribution in [0.15, 0.2) is 24.7 Å². The highest BCUT2D eigenvalue weighted by molar-refractivity contribution is 6.40. The van der Waals surface area contributed by atoms with Gasteiger partial charge in [-0.2, -0.15) is 0 Å². The summed E-state index contributed by atoms with van der Waals surface area (Å²) in [6, 6.07) is 3.25. The van der Waals surface area contributed by atoms with Crippen molar-refractivity contribution >= 4 is 34.8 Å². The minimum atomic E-state index is 0.469. The molecule has 0 amide bonds. The van der Waals surface area contributed by atoms with Crippen LogP contribution in [0.5, 0.6) is 0 Å². The summed E-state index contributed by atoms with van der Waals surface area (Å²) < 4.78 is 1.61. The number of hydrogen-bond donors (Lipinski definition) is 0. The molecule has 0 spiro atoms. The maximum absolute atomic E-state index is 5.99. The van der Waals surface area contributed by atoms with Crippen LogP contribution in [0.1, 0.15) is 0 Å². The summed E-state index contributed by atoms with van der Waals surface area (Å²) >= 11 is 17.8. The molecule has 14 heavy (non-hydrogen) atoms. The van der Waals surface area contributed by atoms with Crippen LogP contribution >= 0.6 is 34.8 Å². The maximum atomic E-state index is 5.99. The van der Waals surface area contributed by atoms with Gasteiger partial charge in [0.2, 0.25) is 0 Å². The van der Waals surface area contributed by atoms with Gasteiger partial charge in [0.15, 0.2) is 0 Å². The fourth-order valence-electron chi connectivity index (χ4n) is 1.12. The van der Waals surface area contributed by atoms with Gasteiger partial charge < -0.3 is 0 Å². The minimum absolute atomic E-state index is 0.469. The number of benzene rings is 1. The number of nitrogens with zero attached hydrogens (tertiary/aromatic N) is 2. The molecule has 71 valence electrons. The quantitative estimate of drug-likeness (QED) is 0.751. The highest BCUT2D eigenvalue weighted by Crippen LogP contribution is 2.31. The van der Waals surface area contributed by atoms with Crippen LogP contribution < -0.4 is 0 Å². The molecule has 0 aliphatic carbocycles. The van der Waals surface area contributed by atoms with Crippen LogP contribution in [-0.4, -0.2) is 9.55 Å². The molecule has 0 fully saturated rings.